The Bertz CT molecular complexity index is 765. The van der Waals surface area contributed by atoms with Crippen molar-refractivity contribution in [1.82, 2.24) is 15.2 Å². The second-order valence-corrected chi connectivity index (χ2v) is 5.82. The van der Waals surface area contributed by atoms with E-state index in [9.17, 15) is 14.4 Å². The summed E-state index contributed by atoms with van der Waals surface area (Å²) in [5.74, 6) is -0.166. The van der Waals surface area contributed by atoms with Gasteiger partial charge in [0.05, 0.1) is 11.6 Å². The first-order valence-corrected chi connectivity index (χ1v) is 7.96. The van der Waals surface area contributed by atoms with Crippen molar-refractivity contribution in [1.29, 1.82) is 0 Å². The van der Waals surface area contributed by atoms with Gasteiger partial charge in [0, 0.05) is 31.8 Å². The first-order chi connectivity index (χ1) is 11.6. The van der Waals surface area contributed by atoms with E-state index in [1.165, 1.54) is 18.3 Å². The molecule has 6 heteroatoms. The van der Waals surface area contributed by atoms with Gasteiger partial charge in [0.2, 0.25) is 11.5 Å². The van der Waals surface area contributed by atoms with Gasteiger partial charge < -0.3 is 15.2 Å². The van der Waals surface area contributed by atoms with Gasteiger partial charge in [-0.1, -0.05) is 30.3 Å². The number of hydrogen-bond donors (Lipinski definition) is 2. The van der Waals surface area contributed by atoms with Gasteiger partial charge in [-0.3, -0.25) is 14.4 Å². The number of aromatic amines is 1. The fourth-order valence-corrected chi connectivity index (χ4v) is 2.83. The summed E-state index contributed by atoms with van der Waals surface area (Å²) < 4.78 is 0. The van der Waals surface area contributed by atoms with Crippen LogP contribution in [-0.4, -0.2) is 34.8 Å². The van der Waals surface area contributed by atoms with Crippen molar-refractivity contribution in [2.45, 2.75) is 18.9 Å². The van der Waals surface area contributed by atoms with Crippen molar-refractivity contribution in [3.05, 3.63) is 70.1 Å². The Morgan fingerprint density at radius 1 is 1.17 bits per heavy atom. The topological polar surface area (TPSA) is 82.3 Å². The number of H-pyrrole nitrogens is 1. The van der Waals surface area contributed by atoms with Gasteiger partial charge in [-0.05, 0) is 18.1 Å². The van der Waals surface area contributed by atoms with Gasteiger partial charge in [0.1, 0.15) is 0 Å². The average Bonchev–Trinajstić information content (AvgIpc) is 3.00. The third kappa shape index (κ3) is 3.71. The maximum atomic E-state index is 12.5. The van der Waals surface area contributed by atoms with E-state index < -0.39 is 0 Å². The SMILES string of the molecule is O=C(N[C@@H](CN1CCCC1=O)c1ccccc1)c1ccc(=O)[nH]c1. The van der Waals surface area contributed by atoms with Crippen molar-refractivity contribution < 1.29 is 9.59 Å². The monoisotopic (exact) mass is 325 g/mol. The zero-order valence-corrected chi connectivity index (χ0v) is 13.2. The highest BCUT2D eigenvalue weighted by Gasteiger charge is 2.25. The lowest BCUT2D eigenvalue weighted by Crippen LogP contribution is -2.38. The molecule has 0 aliphatic carbocycles. The van der Waals surface area contributed by atoms with E-state index in [2.05, 4.69) is 10.3 Å². The predicted molar refractivity (Wildman–Crippen MR) is 89.5 cm³/mol. The molecule has 1 aromatic carbocycles. The van der Waals surface area contributed by atoms with Crippen LogP contribution in [0.2, 0.25) is 0 Å². The van der Waals surface area contributed by atoms with Crippen LogP contribution in [0.15, 0.2) is 53.5 Å². The number of aromatic nitrogens is 1. The Morgan fingerprint density at radius 2 is 1.96 bits per heavy atom. The molecule has 1 fully saturated rings. The molecular formula is C18H19N3O3. The third-order valence-corrected chi connectivity index (χ3v) is 4.13. The fraction of sp³-hybridized carbons (Fsp3) is 0.278. The van der Waals surface area contributed by atoms with Crippen LogP contribution < -0.4 is 10.9 Å². The lowest BCUT2D eigenvalue weighted by molar-refractivity contribution is -0.128. The second-order valence-electron chi connectivity index (χ2n) is 5.82. The van der Waals surface area contributed by atoms with Crippen LogP contribution in [-0.2, 0) is 4.79 Å². The van der Waals surface area contributed by atoms with Gasteiger partial charge >= 0.3 is 0 Å². The van der Waals surface area contributed by atoms with E-state index in [1.54, 1.807) is 4.90 Å². The molecule has 2 heterocycles. The summed E-state index contributed by atoms with van der Waals surface area (Å²) in [4.78, 5) is 39.8. The summed E-state index contributed by atoms with van der Waals surface area (Å²) in [6.45, 7) is 1.16. The summed E-state index contributed by atoms with van der Waals surface area (Å²) in [6.07, 6.45) is 2.81. The molecule has 1 aliphatic heterocycles. The average molecular weight is 325 g/mol. The molecule has 0 spiro atoms. The van der Waals surface area contributed by atoms with Gasteiger partial charge in [-0.25, -0.2) is 0 Å². The number of benzene rings is 1. The smallest absolute Gasteiger partial charge is 0.253 e. The Balaban J connectivity index is 1.79. The van der Waals surface area contributed by atoms with Crippen LogP contribution in [0.5, 0.6) is 0 Å². The first kappa shape index (κ1) is 16.0. The van der Waals surface area contributed by atoms with E-state index in [-0.39, 0.29) is 23.4 Å². The fourth-order valence-electron chi connectivity index (χ4n) is 2.83. The number of carbonyl (C=O) groups is 2. The Kier molecular flexibility index (Phi) is 4.74. The van der Waals surface area contributed by atoms with Crippen molar-refractivity contribution in [2.75, 3.05) is 13.1 Å². The number of hydrogen-bond acceptors (Lipinski definition) is 3. The van der Waals surface area contributed by atoms with E-state index in [0.29, 0.717) is 18.5 Å². The maximum absolute atomic E-state index is 12.5. The lowest BCUT2D eigenvalue weighted by atomic mass is 10.1. The number of amides is 2. The number of carbonyl (C=O) groups excluding carboxylic acids is 2. The number of nitrogens with zero attached hydrogens (tertiary/aromatic N) is 1. The summed E-state index contributed by atoms with van der Waals surface area (Å²) in [5, 5.41) is 2.96. The molecule has 1 aromatic heterocycles. The highest BCUT2D eigenvalue weighted by atomic mass is 16.2. The molecule has 2 N–H and O–H groups in total. The quantitative estimate of drug-likeness (QED) is 0.873. The molecule has 0 saturated carbocycles. The Morgan fingerprint density at radius 3 is 2.58 bits per heavy atom. The Hall–Kier alpha value is -2.89. The Labute approximate surface area is 139 Å². The molecule has 2 aromatic rings. The van der Waals surface area contributed by atoms with Crippen molar-refractivity contribution in [3.63, 3.8) is 0 Å². The number of rotatable bonds is 5. The standard InChI is InChI=1S/C18H19N3O3/c22-16-9-8-14(11-19-16)18(24)20-15(13-5-2-1-3-6-13)12-21-10-4-7-17(21)23/h1-3,5-6,8-9,11,15H,4,7,10,12H2,(H,19,22)(H,20,24)/t15-/m0/s1. The molecule has 6 nitrogen and oxygen atoms in total. The molecule has 1 aliphatic rings. The third-order valence-electron chi connectivity index (χ3n) is 4.13. The van der Waals surface area contributed by atoms with E-state index >= 15 is 0 Å². The minimum Gasteiger partial charge on any atom is -0.343 e. The number of likely N-dealkylation sites (tertiary alicyclic amines) is 1. The summed E-state index contributed by atoms with van der Waals surface area (Å²) in [6, 6.07) is 12.1. The molecule has 1 saturated heterocycles. The molecule has 2 amide bonds. The molecule has 24 heavy (non-hydrogen) atoms. The van der Waals surface area contributed by atoms with Gasteiger partial charge in [0.25, 0.3) is 5.91 Å². The van der Waals surface area contributed by atoms with Crippen LogP contribution in [0.4, 0.5) is 0 Å². The van der Waals surface area contributed by atoms with Crippen molar-refractivity contribution in [2.24, 2.45) is 0 Å². The van der Waals surface area contributed by atoms with Crippen LogP contribution >= 0.6 is 0 Å². The zero-order valence-electron chi connectivity index (χ0n) is 13.2. The first-order valence-electron chi connectivity index (χ1n) is 7.96. The molecule has 0 bridgehead atoms. The second kappa shape index (κ2) is 7.12. The largest absolute Gasteiger partial charge is 0.343 e. The van der Waals surface area contributed by atoms with Crippen LogP contribution in [0.1, 0.15) is 34.8 Å². The summed E-state index contributed by atoms with van der Waals surface area (Å²) in [7, 11) is 0. The lowest BCUT2D eigenvalue weighted by Gasteiger charge is -2.25. The zero-order chi connectivity index (χ0) is 16.9. The van der Waals surface area contributed by atoms with Crippen LogP contribution in [0.3, 0.4) is 0 Å². The molecule has 1 atom stereocenters. The summed E-state index contributed by atoms with van der Waals surface area (Å²) >= 11 is 0. The predicted octanol–water partition coefficient (Wildman–Crippen LogP) is 1.47. The normalized spacial score (nSPS) is 15.3. The van der Waals surface area contributed by atoms with Crippen LogP contribution in [0.25, 0.3) is 0 Å². The molecular weight excluding hydrogens is 306 g/mol. The van der Waals surface area contributed by atoms with Crippen molar-refractivity contribution >= 4 is 11.8 Å². The number of nitrogens with one attached hydrogen (secondary N) is 2. The van der Waals surface area contributed by atoms with Crippen LogP contribution in [0, 0.1) is 0 Å². The summed E-state index contributed by atoms with van der Waals surface area (Å²) in [5.41, 5.74) is 1.06. The molecule has 0 radical (unpaired) electrons. The van der Waals surface area contributed by atoms with E-state index in [4.69, 9.17) is 0 Å². The highest BCUT2D eigenvalue weighted by Crippen LogP contribution is 2.19. The maximum Gasteiger partial charge on any atom is 0.253 e. The minimum absolute atomic E-state index is 0.120. The number of pyridine rings is 1. The van der Waals surface area contributed by atoms with Gasteiger partial charge in [-0.15, -0.1) is 0 Å². The molecule has 0 unspecified atom stereocenters. The van der Waals surface area contributed by atoms with Gasteiger partial charge in [-0.2, -0.15) is 0 Å². The molecule has 3 rings (SSSR count). The van der Waals surface area contributed by atoms with E-state index in [0.717, 1.165) is 18.5 Å². The molecule has 124 valence electrons. The van der Waals surface area contributed by atoms with Crippen molar-refractivity contribution in [3.8, 4) is 0 Å². The highest BCUT2D eigenvalue weighted by molar-refractivity contribution is 5.94. The van der Waals surface area contributed by atoms with E-state index in [1.807, 2.05) is 30.3 Å². The van der Waals surface area contributed by atoms with Gasteiger partial charge in [0.15, 0.2) is 0 Å². The minimum atomic E-state index is -0.298.